The second-order valence-electron chi connectivity index (χ2n) is 6.00. The SMILES string of the molecule is CCNC(=NCc1ccc(C)cc1OCC(F)(F)F)NCc1ncccc1F. The van der Waals surface area contributed by atoms with Gasteiger partial charge in [0.05, 0.1) is 18.8 Å². The fraction of sp³-hybridized carbons (Fsp3) is 0.368. The van der Waals surface area contributed by atoms with Crippen molar-refractivity contribution in [3.05, 3.63) is 59.2 Å². The molecular weight excluding hydrogens is 376 g/mol. The molecule has 0 aliphatic carbocycles. The average molecular weight is 398 g/mol. The fourth-order valence-electron chi connectivity index (χ4n) is 2.31. The second kappa shape index (κ2) is 9.91. The predicted molar refractivity (Wildman–Crippen MR) is 98.6 cm³/mol. The van der Waals surface area contributed by atoms with Crippen LogP contribution in [0.3, 0.4) is 0 Å². The Kier molecular flexibility index (Phi) is 7.60. The van der Waals surface area contributed by atoms with Crippen molar-refractivity contribution in [2.45, 2.75) is 33.1 Å². The Morgan fingerprint density at radius 3 is 2.68 bits per heavy atom. The van der Waals surface area contributed by atoms with Crippen molar-refractivity contribution in [1.82, 2.24) is 15.6 Å². The number of hydrogen-bond acceptors (Lipinski definition) is 3. The molecule has 0 radical (unpaired) electrons. The molecule has 1 heterocycles. The maximum absolute atomic E-state index is 13.7. The van der Waals surface area contributed by atoms with Crippen LogP contribution in [0, 0.1) is 12.7 Å². The van der Waals surface area contributed by atoms with E-state index in [2.05, 4.69) is 20.6 Å². The molecule has 0 aliphatic heterocycles. The van der Waals surface area contributed by atoms with E-state index in [1.807, 2.05) is 6.92 Å². The van der Waals surface area contributed by atoms with Crippen LogP contribution >= 0.6 is 0 Å². The third kappa shape index (κ3) is 7.05. The summed E-state index contributed by atoms with van der Waals surface area (Å²) in [6.45, 7) is 3.02. The molecule has 9 heteroatoms. The van der Waals surface area contributed by atoms with Crippen LogP contribution in [0.1, 0.15) is 23.7 Å². The van der Waals surface area contributed by atoms with Crippen molar-refractivity contribution < 1.29 is 22.3 Å². The molecule has 0 unspecified atom stereocenters. The summed E-state index contributed by atoms with van der Waals surface area (Å²) >= 11 is 0. The highest BCUT2D eigenvalue weighted by molar-refractivity contribution is 5.79. The second-order valence-corrected chi connectivity index (χ2v) is 6.00. The van der Waals surface area contributed by atoms with E-state index >= 15 is 0 Å². The van der Waals surface area contributed by atoms with E-state index in [1.54, 1.807) is 25.1 Å². The molecule has 1 aromatic heterocycles. The number of aliphatic imine (C=N–C) groups is 1. The molecule has 2 N–H and O–H groups in total. The quantitative estimate of drug-likeness (QED) is 0.424. The molecule has 0 aliphatic rings. The molecule has 28 heavy (non-hydrogen) atoms. The van der Waals surface area contributed by atoms with Gasteiger partial charge < -0.3 is 15.4 Å². The number of nitrogens with zero attached hydrogens (tertiary/aromatic N) is 2. The fourth-order valence-corrected chi connectivity index (χ4v) is 2.31. The largest absolute Gasteiger partial charge is 0.484 e. The number of guanidine groups is 1. The number of alkyl halides is 3. The zero-order valence-electron chi connectivity index (χ0n) is 15.6. The lowest BCUT2D eigenvalue weighted by atomic mass is 10.1. The summed E-state index contributed by atoms with van der Waals surface area (Å²) in [5, 5.41) is 5.95. The number of rotatable bonds is 7. The van der Waals surface area contributed by atoms with Crippen LogP contribution in [0.25, 0.3) is 0 Å². The molecule has 0 saturated carbocycles. The molecule has 1 aromatic carbocycles. The summed E-state index contributed by atoms with van der Waals surface area (Å²) in [7, 11) is 0. The molecule has 0 spiro atoms. The number of nitrogens with one attached hydrogen (secondary N) is 2. The first-order valence-corrected chi connectivity index (χ1v) is 8.69. The zero-order valence-corrected chi connectivity index (χ0v) is 15.6. The molecule has 0 amide bonds. The summed E-state index contributed by atoms with van der Waals surface area (Å²) in [5.41, 5.74) is 1.52. The predicted octanol–water partition coefficient (Wildman–Crippen LogP) is 3.73. The van der Waals surface area contributed by atoms with E-state index < -0.39 is 18.6 Å². The molecule has 0 atom stereocenters. The van der Waals surface area contributed by atoms with Crippen molar-refractivity contribution in [3.63, 3.8) is 0 Å². The number of benzene rings is 1. The zero-order chi connectivity index (χ0) is 20.6. The summed E-state index contributed by atoms with van der Waals surface area (Å²) in [6, 6.07) is 7.80. The Balaban J connectivity index is 2.10. The van der Waals surface area contributed by atoms with Crippen LogP contribution in [0.5, 0.6) is 5.75 Å². The van der Waals surface area contributed by atoms with Gasteiger partial charge in [-0.2, -0.15) is 13.2 Å². The van der Waals surface area contributed by atoms with Gasteiger partial charge in [-0.05, 0) is 37.6 Å². The molecule has 0 saturated heterocycles. The first kappa shape index (κ1) is 21.5. The lowest BCUT2D eigenvalue weighted by Crippen LogP contribution is -2.37. The highest BCUT2D eigenvalue weighted by atomic mass is 19.4. The highest BCUT2D eigenvalue weighted by Gasteiger charge is 2.28. The van der Waals surface area contributed by atoms with Crippen molar-refractivity contribution >= 4 is 5.96 Å². The van der Waals surface area contributed by atoms with Gasteiger partial charge in [-0.1, -0.05) is 12.1 Å². The molecular formula is C19H22F4N4O. The lowest BCUT2D eigenvalue weighted by Gasteiger charge is -2.14. The van der Waals surface area contributed by atoms with Crippen LogP contribution in [-0.2, 0) is 13.1 Å². The summed E-state index contributed by atoms with van der Waals surface area (Å²) in [5.74, 6) is 0.0785. The van der Waals surface area contributed by atoms with E-state index in [1.165, 1.54) is 18.3 Å². The first-order chi connectivity index (χ1) is 13.3. The third-order valence-electron chi connectivity index (χ3n) is 3.62. The average Bonchev–Trinajstić information content (AvgIpc) is 2.64. The van der Waals surface area contributed by atoms with Gasteiger partial charge in [-0.15, -0.1) is 0 Å². The van der Waals surface area contributed by atoms with Crippen LogP contribution < -0.4 is 15.4 Å². The molecule has 2 aromatic rings. The number of aromatic nitrogens is 1. The number of ether oxygens (including phenoxy) is 1. The summed E-state index contributed by atoms with van der Waals surface area (Å²) < 4.78 is 56.0. The van der Waals surface area contributed by atoms with Gasteiger partial charge in [0.25, 0.3) is 0 Å². The van der Waals surface area contributed by atoms with Crippen molar-refractivity contribution in [1.29, 1.82) is 0 Å². The number of halogens is 4. The Bertz CT molecular complexity index is 809. The Hall–Kier alpha value is -2.84. The highest BCUT2D eigenvalue weighted by Crippen LogP contribution is 2.24. The lowest BCUT2D eigenvalue weighted by molar-refractivity contribution is -0.153. The molecule has 2 rings (SSSR count). The van der Waals surface area contributed by atoms with Gasteiger partial charge in [0, 0.05) is 18.3 Å². The first-order valence-electron chi connectivity index (χ1n) is 8.69. The van der Waals surface area contributed by atoms with Crippen molar-refractivity contribution in [3.8, 4) is 5.75 Å². The minimum atomic E-state index is -4.42. The van der Waals surface area contributed by atoms with E-state index in [0.29, 0.717) is 18.1 Å². The third-order valence-corrected chi connectivity index (χ3v) is 3.62. The maximum Gasteiger partial charge on any atom is 0.422 e. The van der Waals surface area contributed by atoms with Crippen LogP contribution in [0.4, 0.5) is 17.6 Å². The molecule has 152 valence electrons. The Morgan fingerprint density at radius 2 is 2.00 bits per heavy atom. The van der Waals surface area contributed by atoms with Crippen molar-refractivity contribution in [2.24, 2.45) is 4.99 Å². The van der Waals surface area contributed by atoms with Gasteiger partial charge >= 0.3 is 6.18 Å². The van der Waals surface area contributed by atoms with Gasteiger partial charge in [-0.25, -0.2) is 9.38 Å². The summed E-state index contributed by atoms with van der Waals surface area (Å²) in [4.78, 5) is 8.30. The van der Waals surface area contributed by atoms with Gasteiger partial charge in [0.1, 0.15) is 11.6 Å². The van der Waals surface area contributed by atoms with E-state index in [-0.39, 0.29) is 24.5 Å². The smallest absolute Gasteiger partial charge is 0.422 e. The molecule has 0 fully saturated rings. The van der Waals surface area contributed by atoms with Gasteiger partial charge in [-0.3, -0.25) is 4.98 Å². The van der Waals surface area contributed by atoms with Crippen LogP contribution in [0.2, 0.25) is 0 Å². The topological polar surface area (TPSA) is 58.5 Å². The Morgan fingerprint density at radius 1 is 1.21 bits per heavy atom. The van der Waals surface area contributed by atoms with Crippen LogP contribution in [0.15, 0.2) is 41.5 Å². The Labute approximate surface area is 160 Å². The number of aryl methyl sites for hydroxylation is 1. The maximum atomic E-state index is 13.7. The molecule has 5 nitrogen and oxygen atoms in total. The number of pyridine rings is 1. The van der Waals surface area contributed by atoms with Gasteiger partial charge in [0.15, 0.2) is 12.6 Å². The summed E-state index contributed by atoms with van der Waals surface area (Å²) in [6.07, 6.45) is -2.94. The van der Waals surface area contributed by atoms with E-state index in [4.69, 9.17) is 4.74 Å². The van der Waals surface area contributed by atoms with E-state index in [9.17, 15) is 17.6 Å². The normalized spacial score (nSPS) is 12.0. The minimum Gasteiger partial charge on any atom is -0.484 e. The van der Waals surface area contributed by atoms with E-state index in [0.717, 1.165) is 5.56 Å². The van der Waals surface area contributed by atoms with Crippen molar-refractivity contribution in [2.75, 3.05) is 13.2 Å². The minimum absolute atomic E-state index is 0.0908. The van der Waals surface area contributed by atoms with Crippen LogP contribution in [-0.4, -0.2) is 30.3 Å². The monoisotopic (exact) mass is 398 g/mol. The number of hydrogen-bond donors (Lipinski definition) is 2. The molecule has 0 bridgehead atoms. The standard InChI is InChI=1S/C19H22F4N4O/c1-3-24-18(27-11-16-15(20)5-4-8-25-16)26-10-14-7-6-13(2)9-17(14)28-12-19(21,22)23/h4-9H,3,10-12H2,1-2H3,(H2,24,26,27). The van der Waals surface area contributed by atoms with Gasteiger partial charge in [0.2, 0.25) is 0 Å².